The first-order valence-electron chi connectivity index (χ1n) is 7.66. The third-order valence-electron chi connectivity index (χ3n) is 3.85. The van der Waals surface area contributed by atoms with E-state index in [1.807, 2.05) is 49.4 Å². The molecule has 1 heterocycles. The van der Waals surface area contributed by atoms with Gasteiger partial charge in [-0.15, -0.1) is 0 Å². The fourth-order valence-corrected chi connectivity index (χ4v) is 3.72. The number of carbonyl (C=O) groups excluding carboxylic acids is 1. The summed E-state index contributed by atoms with van der Waals surface area (Å²) in [7, 11) is 1.62. The first-order chi connectivity index (χ1) is 12.0. The van der Waals surface area contributed by atoms with Crippen LogP contribution in [-0.4, -0.2) is 18.2 Å². The van der Waals surface area contributed by atoms with E-state index < -0.39 is 0 Å². The molecule has 1 N–H and O–H groups in total. The lowest BCUT2D eigenvalue weighted by atomic mass is 10.1. The Morgan fingerprint density at radius 3 is 2.64 bits per heavy atom. The van der Waals surface area contributed by atoms with Gasteiger partial charge in [-0.3, -0.25) is 4.79 Å². The van der Waals surface area contributed by atoms with Crippen LogP contribution in [0.2, 0.25) is 0 Å². The van der Waals surface area contributed by atoms with Gasteiger partial charge in [0.1, 0.15) is 5.75 Å². The molecule has 0 unspecified atom stereocenters. The number of ether oxygens (including phenoxy) is 1. The molecule has 2 aromatic carbocycles. The van der Waals surface area contributed by atoms with E-state index in [9.17, 15) is 4.79 Å². The summed E-state index contributed by atoms with van der Waals surface area (Å²) in [5.41, 5.74) is 4.14. The number of rotatable bonds is 3. The van der Waals surface area contributed by atoms with E-state index in [-0.39, 0.29) is 5.91 Å². The van der Waals surface area contributed by atoms with Crippen LogP contribution in [0, 0.1) is 13.8 Å². The number of benzene rings is 2. The van der Waals surface area contributed by atoms with Crippen LogP contribution in [0.1, 0.15) is 16.7 Å². The van der Waals surface area contributed by atoms with Gasteiger partial charge in [-0.25, -0.2) is 4.99 Å². The van der Waals surface area contributed by atoms with Gasteiger partial charge in [0.25, 0.3) is 5.91 Å². The van der Waals surface area contributed by atoms with Crippen LogP contribution in [-0.2, 0) is 4.79 Å². The fourth-order valence-electron chi connectivity index (χ4n) is 2.32. The van der Waals surface area contributed by atoms with Crippen LogP contribution >= 0.6 is 27.7 Å². The summed E-state index contributed by atoms with van der Waals surface area (Å²) in [6, 6.07) is 11.7. The van der Waals surface area contributed by atoms with Crippen molar-refractivity contribution >= 4 is 50.5 Å². The summed E-state index contributed by atoms with van der Waals surface area (Å²) in [6.07, 6.45) is 1.84. The molecule has 25 heavy (non-hydrogen) atoms. The van der Waals surface area contributed by atoms with E-state index in [2.05, 4.69) is 33.2 Å². The van der Waals surface area contributed by atoms with Crippen molar-refractivity contribution in [3.8, 4) is 5.75 Å². The summed E-state index contributed by atoms with van der Waals surface area (Å²) in [4.78, 5) is 17.3. The first kappa shape index (κ1) is 17.8. The lowest BCUT2D eigenvalue weighted by Crippen LogP contribution is -2.19. The SMILES string of the molecule is COc1ccc(/C=C2/SC(=Nc3ccc(C)c(C)c3)NC2=O)cc1Br. The van der Waals surface area contributed by atoms with Crippen LogP contribution in [0.3, 0.4) is 0 Å². The highest BCUT2D eigenvalue weighted by Gasteiger charge is 2.23. The molecule has 4 nitrogen and oxygen atoms in total. The molecule has 3 rings (SSSR count). The van der Waals surface area contributed by atoms with Crippen molar-refractivity contribution in [1.82, 2.24) is 5.32 Å². The number of hydrogen-bond acceptors (Lipinski definition) is 4. The lowest BCUT2D eigenvalue weighted by molar-refractivity contribution is -0.115. The Kier molecular flexibility index (Phi) is 5.30. The first-order valence-corrected chi connectivity index (χ1v) is 9.27. The quantitative estimate of drug-likeness (QED) is 0.718. The average Bonchev–Trinajstić information content (AvgIpc) is 2.90. The number of nitrogens with one attached hydrogen (secondary N) is 1. The van der Waals surface area contributed by atoms with Crippen LogP contribution in [0.25, 0.3) is 6.08 Å². The molecule has 0 radical (unpaired) electrons. The summed E-state index contributed by atoms with van der Waals surface area (Å²) in [5.74, 6) is 0.613. The predicted octanol–water partition coefficient (Wildman–Crippen LogP) is 4.97. The predicted molar refractivity (Wildman–Crippen MR) is 107 cm³/mol. The molecule has 2 aromatic rings. The molecule has 0 aliphatic carbocycles. The van der Waals surface area contributed by atoms with E-state index in [1.165, 1.54) is 22.9 Å². The Balaban J connectivity index is 1.83. The van der Waals surface area contributed by atoms with Gasteiger partial charge < -0.3 is 10.1 Å². The number of carbonyl (C=O) groups is 1. The number of halogens is 1. The second-order valence-electron chi connectivity index (χ2n) is 5.64. The van der Waals surface area contributed by atoms with Crippen LogP contribution in [0.5, 0.6) is 5.75 Å². The number of amides is 1. The minimum atomic E-state index is -0.139. The molecule has 0 spiro atoms. The molecule has 1 saturated heterocycles. The van der Waals surface area contributed by atoms with Gasteiger partial charge in [-0.1, -0.05) is 12.1 Å². The number of aliphatic imine (C=N–C) groups is 1. The highest BCUT2D eigenvalue weighted by molar-refractivity contribution is 9.10. The molecule has 0 saturated carbocycles. The molecule has 0 aromatic heterocycles. The second-order valence-corrected chi connectivity index (χ2v) is 7.53. The number of nitrogens with zero attached hydrogens (tertiary/aromatic N) is 1. The number of hydrogen-bond donors (Lipinski definition) is 1. The van der Waals surface area contributed by atoms with Crippen LogP contribution < -0.4 is 10.1 Å². The largest absolute Gasteiger partial charge is 0.496 e. The van der Waals surface area contributed by atoms with Gasteiger partial charge in [0.2, 0.25) is 0 Å². The van der Waals surface area contributed by atoms with E-state index in [0.29, 0.717) is 10.1 Å². The molecule has 1 amide bonds. The normalized spacial score (nSPS) is 17.2. The standard InChI is InChI=1S/C19H17BrN2O2S/c1-11-4-6-14(8-12(11)2)21-19-22-18(23)17(25-19)10-13-5-7-16(24-3)15(20)9-13/h4-10H,1-3H3,(H,21,22,23)/b17-10+. The summed E-state index contributed by atoms with van der Waals surface area (Å²) in [6.45, 7) is 4.11. The van der Waals surface area contributed by atoms with Crippen molar-refractivity contribution in [2.75, 3.05) is 7.11 Å². The number of aryl methyl sites for hydroxylation is 2. The Hall–Kier alpha value is -2.05. The van der Waals surface area contributed by atoms with E-state index in [0.717, 1.165) is 21.5 Å². The zero-order chi connectivity index (χ0) is 18.0. The number of amidine groups is 1. The second kappa shape index (κ2) is 7.45. The maximum absolute atomic E-state index is 12.2. The molecule has 128 valence electrons. The summed E-state index contributed by atoms with van der Waals surface area (Å²) < 4.78 is 6.07. The number of methoxy groups -OCH3 is 1. The van der Waals surface area contributed by atoms with Gasteiger partial charge in [-0.2, -0.15) is 0 Å². The molecule has 0 bridgehead atoms. The van der Waals surface area contributed by atoms with Gasteiger partial charge in [-0.05, 0) is 88.6 Å². The Morgan fingerprint density at radius 1 is 1.16 bits per heavy atom. The van der Waals surface area contributed by atoms with Crippen molar-refractivity contribution in [1.29, 1.82) is 0 Å². The Labute approximate surface area is 159 Å². The highest BCUT2D eigenvalue weighted by atomic mass is 79.9. The minimum absolute atomic E-state index is 0.139. The summed E-state index contributed by atoms with van der Waals surface area (Å²) in [5, 5.41) is 3.40. The van der Waals surface area contributed by atoms with Crippen molar-refractivity contribution in [3.63, 3.8) is 0 Å². The smallest absolute Gasteiger partial charge is 0.264 e. The minimum Gasteiger partial charge on any atom is -0.496 e. The monoisotopic (exact) mass is 416 g/mol. The maximum atomic E-state index is 12.2. The summed E-state index contributed by atoms with van der Waals surface area (Å²) >= 11 is 4.79. The topological polar surface area (TPSA) is 50.7 Å². The van der Waals surface area contributed by atoms with Crippen LogP contribution in [0.15, 0.2) is 50.8 Å². The lowest BCUT2D eigenvalue weighted by Gasteiger charge is -2.03. The van der Waals surface area contributed by atoms with E-state index in [1.54, 1.807) is 7.11 Å². The van der Waals surface area contributed by atoms with Gasteiger partial charge in [0.05, 0.1) is 22.2 Å². The zero-order valence-corrected chi connectivity index (χ0v) is 16.5. The van der Waals surface area contributed by atoms with Gasteiger partial charge >= 0.3 is 0 Å². The van der Waals surface area contributed by atoms with Gasteiger partial charge in [0.15, 0.2) is 5.17 Å². The third kappa shape index (κ3) is 4.14. The van der Waals surface area contributed by atoms with Gasteiger partial charge in [0, 0.05) is 0 Å². The molecular weight excluding hydrogens is 400 g/mol. The number of thioether (sulfide) groups is 1. The molecule has 1 fully saturated rings. The maximum Gasteiger partial charge on any atom is 0.264 e. The Bertz CT molecular complexity index is 906. The molecular formula is C19H17BrN2O2S. The molecule has 1 aliphatic rings. The van der Waals surface area contributed by atoms with Crippen molar-refractivity contribution < 1.29 is 9.53 Å². The average molecular weight is 417 g/mol. The molecule has 0 atom stereocenters. The molecule has 6 heteroatoms. The molecule has 1 aliphatic heterocycles. The van der Waals surface area contributed by atoms with E-state index >= 15 is 0 Å². The third-order valence-corrected chi connectivity index (χ3v) is 5.38. The van der Waals surface area contributed by atoms with Crippen molar-refractivity contribution in [2.45, 2.75) is 13.8 Å². The zero-order valence-electron chi connectivity index (χ0n) is 14.1. The van der Waals surface area contributed by atoms with E-state index in [4.69, 9.17) is 4.74 Å². The van der Waals surface area contributed by atoms with Crippen molar-refractivity contribution in [2.24, 2.45) is 4.99 Å². The van der Waals surface area contributed by atoms with Crippen molar-refractivity contribution in [3.05, 3.63) is 62.5 Å². The highest BCUT2D eigenvalue weighted by Crippen LogP contribution is 2.31. The Morgan fingerprint density at radius 2 is 1.96 bits per heavy atom. The fraction of sp³-hybridized carbons (Fsp3) is 0.158. The van der Waals surface area contributed by atoms with Crippen LogP contribution in [0.4, 0.5) is 5.69 Å².